The van der Waals surface area contributed by atoms with Crippen molar-refractivity contribution in [3.8, 4) is 22.8 Å². The molecule has 2 aliphatic heterocycles. The molecule has 154 valence electrons. The van der Waals surface area contributed by atoms with E-state index in [-0.39, 0.29) is 23.8 Å². The van der Waals surface area contributed by atoms with Crippen LogP contribution in [0, 0.1) is 0 Å². The number of benzene rings is 2. The highest BCUT2D eigenvalue weighted by atomic mass is 16.5. The largest absolute Gasteiger partial charge is 0.507 e. The van der Waals surface area contributed by atoms with Crippen LogP contribution in [0.15, 0.2) is 48.5 Å². The maximum absolute atomic E-state index is 13.4. The first-order valence-corrected chi connectivity index (χ1v) is 10.1. The smallest absolute Gasteiger partial charge is 0.273 e. The zero-order chi connectivity index (χ0) is 20.7. The van der Waals surface area contributed by atoms with Crippen LogP contribution in [0.1, 0.15) is 40.5 Å². The van der Waals surface area contributed by atoms with E-state index in [0.717, 1.165) is 36.3 Å². The first kappa shape index (κ1) is 18.7. The van der Waals surface area contributed by atoms with Gasteiger partial charge in [-0.2, -0.15) is 5.10 Å². The molecule has 0 radical (unpaired) electrons. The molecule has 1 aromatic heterocycles. The molecule has 1 fully saturated rings. The van der Waals surface area contributed by atoms with Crippen molar-refractivity contribution in [3.05, 3.63) is 65.4 Å². The third kappa shape index (κ3) is 3.02. The minimum absolute atomic E-state index is 0.0209. The molecule has 3 aromatic rings. The molecule has 0 saturated carbocycles. The molecular formula is C23H23N3O4. The number of H-pyrrole nitrogens is 1. The van der Waals surface area contributed by atoms with Crippen molar-refractivity contribution in [1.29, 1.82) is 0 Å². The SMILES string of the molecule is COc1cccc([C@@H]2c3c(-c4ccccc4O)n[nH]c3C(=O)N2C[C@@H]2CCCO2)c1. The molecule has 7 nitrogen and oxygen atoms in total. The van der Waals surface area contributed by atoms with Crippen molar-refractivity contribution in [3.63, 3.8) is 0 Å². The number of nitrogens with zero attached hydrogens (tertiary/aromatic N) is 2. The number of amides is 1. The molecule has 5 rings (SSSR count). The van der Waals surface area contributed by atoms with Crippen LogP contribution in [0.2, 0.25) is 0 Å². The normalized spacial score (nSPS) is 20.6. The second-order valence-electron chi connectivity index (χ2n) is 7.65. The van der Waals surface area contributed by atoms with Crippen molar-refractivity contribution in [2.24, 2.45) is 0 Å². The van der Waals surface area contributed by atoms with E-state index in [1.54, 1.807) is 19.2 Å². The van der Waals surface area contributed by atoms with Crippen molar-refractivity contribution in [1.82, 2.24) is 15.1 Å². The average molecular weight is 405 g/mol. The van der Waals surface area contributed by atoms with Crippen molar-refractivity contribution >= 4 is 5.91 Å². The maximum Gasteiger partial charge on any atom is 0.273 e. The molecule has 30 heavy (non-hydrogen) atoms. The Morgan fingerprint density at radius 1 is 1.27 bits per heavy atom. The van der Waals surface area contributed by atoms with Crippen LogP contribution in [-0.4, -0.2) is 52.5 Å². The average Bonchev–Trinajstić information content (AvgIpc) is 3.48. The van der Waals surface area contributed by atoms with Gasteiger partial charge in [0.2, 0.25) is 0 Å². The number of fused-ring (bicyclic) bond motifs is 1. The molecule has 0 aliphatic carbocycles. The van der Waals surface area contributed by atoms with Crippen LogP contribution in [-0.2, 0) is 4.74 Å². The minimum atomic E-state index is -0.347. The van der Waals surface area contributed by atoms with E-state index in [0.29, 0.717) is 23.5 Å². The third-order valence-electron chi connectivity index (χ3n) is 5.86. The topological polar surface area (TPSA) is 87.7 Å². The van der Waals surface area contributed by atoms with Gasteiger partial charge >= 0.3 is 0 Å². The van der Waals surface area contributed by atoms with Crippen LogP contribution in [0.4, 0.5) is 0 Å². The van der Waals surface area contributed by atoms with Crippen LogP contribution in [0.25, 0.3) is 11.3 Å². The Balaban J connectivity index is 1.65. The lowest BCUT2D eigenvalue weighted by Gasteiger charge is -2.28. The summed E-state index contributed by atoms with van der Waals surface area (Å²) in [5.74, 6) is 0.738. The number of aromatic amines is 1. The second kappa shape index (κ2) is 7.50. The van der Waals surface area contributed by atoms with Crippen LogP contribution in [0.5, 0.6) is 11.5 Å². The molecule has 7 heteroatoms. The van der Waals surface area contributed by atoms with Gasteiger partial charge in [-0.15, -0.1) is 0 Å². The molecule has 2 atom stereocenters. The monoisotopic (exact) mass is 405 g/mol. The number of aromatic nitrogens is 2. The van der Waals surface area contributed by atoms with Gasteiger partial charge in [0, 0.05) is 24.3 Å². The first-order chi connectivity index (χ1) is 14.7. The molecule has 2 aromatic carbocycles. The number of phenols is 1. The number of hydrogen-bond donors (Lipinski definition) is 2. The van der Waals surface area contributed by atoms with Gasteiger partial charge in [-0.3, -0.25) is 9.89 Å². The highest BCUT2D eigenvalue weighted by molar-refractivity contribution is 6.00. The Bertz CT molecular complexity index is 1090. The number of aromatic hydroxyl groups is 1. The lowest BCUT2D eigenvalue weighted by atomic mass is 9.95. The third-order valence-corrected chi connectivity index (χ3v) is 5.86. The van der Waals surface area contributed by atoms with E-state index < -0.39 is 0 Å². The predicted octanol–water partition coefficient (Wildman–Crippen LogP) is 3.52. The molecular weight excluding hydrogens is 382 g/mol. The van der Waals surface area contributed by atoms with Gasteiger partial charge in [-0.25, -0.2) is 0 Å². The molecule has 1 saturated heterocycles. The Morgan fingerprint density at radius 2 is 2.13 bits per heavy atom. The van der Waals surface area contributed by atoms with Gasteiger partial charge in [0.05, 0.1) is 19.3 Å². The summed E-state index contributed by atoms with van der Waals surface area (Å²) in [7, 11) is 1.62. The number of methoxy groups -OCH3 is 1. The van der Waals surface area contributed by atoms with E-state index in [9.17, 15) is 9.90 Å². The minimum Gasteiger partial charge on any atom is -0.507 e. The number of rotatable bonds is 5. The maximum atomic E-state index is 13.4. The molecule has 0 bridgehead atoms. The van der Waals surface area contributed by atoms with E-state index in [4.69, 9.17) is 9.47 Å². The van der Waals surface area contributed by atoms with Crippen molar-refractivity contribution in [2.75, 3.05) is 20.3 Å². The second-order valence-corrected chi connectivity index (χ2v) is 7.65. The Hall–Kier alpha value is -3.32. The highest BCUT2D eigenvalue weighted by Crippen LogP contribution is 2.45. The Kier molecular flexibility index (Phi) is 4.67. The molecule has 3 heterocycles. The lowest BCUT2D eigenvalue weighted by Crippen LogP contribution is -2.36. The van der Waals surface area contributed by atoms with Gasteiger partial charge in [0.25, 0.3) is 5.91 Å². The Labute approximate surface area is 174 Å². The summed E-state index contributed by atoms with van der Waals surface area (Å²) in [6, 6.07) is 14.4. The highest BCUT2D eigenvalue weighted by Gasteiger charge is 2.43. The lowest BCUT2D eigenvalue weighted by molar-refractivity contribution is 0.0495. The van der Waals surface area contributed by atoms with Crippen molar-refractivity contribution < 1.29 is 19.4 Å². The van der Waals surface area contributed by atoms with Gasteiger partial charge in [-0.05, 0) is 42.7 Å². The summed E-state index contributed by atoms with van der Waals surface area (Å²) in [4.78, 5) is 15.2. The van der Waals surface area contributed by atoms with Crippen LogP contribution >= 0.6 is 0 Å². The number of para-hydroxylation sites is 1. The summed E-state index contributed by atoms with van der Waals surface area (Å²) >= 11 is 0. The van der Waals surface area contributed by atoms with E-state index in [1.165, 1.54) is 0 Å². The summed E-state index contributed by atoms with van der Waals surface area (Å²) in [5.41, 5.74) is 3.33. The van der Waals surface area contributed by atoms with Gasteiger partial charge in [0.15, 0.2) is 0 Å². The molecule has 0 unspecified atom stereocenters. The quantitative estimate of drug-likeness (QED) is 0.678. The number of phenolic OH excluding ortho intramolecular Hbond substituents is 1. The van der Waals surface area contributed by atoms with E-state index in [2.05, 4.69) is 10.2 Å². The molecule has 2 N–H and O–H groups in total. The number of nitrogens with one attached hydrogen (secondary N) is 1. The summed E-state index contributed by atoms with van der Waals surface area (Å²) in [5, 5.41) is 17.8. The number of carbonyl (C=O) groups is 1. The van der Waals surface area contributed by atoms with Gasteiger partial charge < -0.3 is 19.5 Å². The van der Waals surface area contributed by atoms with Crippen LogP contribution < -0.4 is 4.74 Å². The summed E-state index contributed by atoms with van der Waals surface area (Å²) in [6.07, 6.45) is 1.97. The number of carbonyl (C=O) groups excluding carboxylic acids is 1. The first-order valence-electron chi connectivity index (χ1n) is 10.1. The van der Waals surface area contributed by atoms with E-state index >= 15 is 0 Å². The predicted molar refractivity (Wildman–Crippen MR) is 111 cm³/mol. The summed E-state index contributed by atoms with van der Waals surface area (Å²) < 4.78 is 11.2. The zero-order valence-corrected chi connectivity index (χ0v) is 16.7. The van der Waals surface area contributed by atoms with Gasteiger partial charge in [-0.1, -0.05) is 24.3 Å². The molecule has 1 amide bonds. The van der Waals surface area contributed by atoms with E-state index in [1.807, 2.05) is 41.3 Å². The standard InChI is InChI=1S/C23H23N3O4/c1-29-15-7-4-6-14(12-15)22-19-20(17-9-2-3-10-18(17)27)24-25-21(19)23(28)26(22)13-16-8-5-11-30-16/h2-4,6-7,9-10,12,16,22,27H,5,8,11,13H2,1H3,(H,24,25)/t16-,22+/m0/s1. The fraction of sp³-hybridized carbons (Fsp3) is 0.304. The summed E-state index contributed by atoms with van der Waals surface area (Å²) in [6.45, 7) is 1.23. The zero-order valence-electron chi connectivity index (χ0n) is 16.7. The molecule has 2 aliphatic rings. The fourth-order valence-corrected chi connectivity index (χ4v) is 4.43. The Morgan fingerprint density at radius 3 is 2.90 bits per heavy atom. The van der Waals surface area contributed by atoms with Gasteiger partial charge in [0.1, 0.15) is 22.9 Å². The fourth-order valence-electron chi connectivity index (χ4n) is 4.43. The number of ether oxygens (including phenoxy) is 2. The van der Waals surface area contributed by atoms with Crippen molar-refractivity contribution in [2.45, 2.75) is 25.0 Å². The molecule has 0 spiro atoms. The number of hydrogen-bond acceptors (Lipinski definition) is 5. The van der Waals surface area contributed by atoms with Crippen LogP contribution in [0.3, 0.4) is 0 Å².